The third kappa shape index (κ3) is 7.28. The molecule has 0 saturated carbocycles. The van der Waals surface area contributed by atoms with Gasteiger partial charge in [0.05, 0.1) is 12.8 Å². The van der Waals surface area contributed by atoms with Crippen molar-refractivity contribution in [3.05, 3.63) is 0 Å². The van der Waals surface area contributed by atoms with Crippen molar-refractivity contribution in [2.45, 2.75) is 18.4 Å². The SMILES string of the molecule is Br.Br.O=C(O)CC(O)(CC(=O)O)C(=O)O. The van der Waals surface area contributed by atoms with E-state index in [1.165, 1.54) is 0 Å². The second-order valence-corrected chi connectivity index (χ2v) is 2.48. The van der Waals surface area contributed by atoms with E-state index >= 15 is 0 Å². The van der Waals surface area contributed by atoms with Crippen LogP contribution in [0.5, 0.6) is 0 Å². The first-order valence-corrected chi connectivity index (χ1v) is 3.17. The Morgan fingerprint density at radius 2 is 1.13 bits per heavy atom. The van der Waals surface area contributed by atoms with Crippen LogP contribution >= 0.6 is 34.0 Å². The number of aliphatic hydroxyl groups is 1. The van der Waals surface area contributed by atoms with Gasteiger partial charge < -0.3 is 20.4 Å². The maximum absolute atomic E-state index is 10.3. The Kier molecular flexibility index (Phi) is 10.0. The van der Waals surface area contributed by atoms with Crippen LogP contribution in [0.4, 0.5) is 0 Å². The zero-order valence-electron chi connectivity index (χ0n) is 7.24. The number of halogens is 2. The summed E-state index contributed by atoms with van der Waals surface area (Å²) in [7, 11) is 0. The van der Waals surface area contributed by atoms with Gasteiger partial charge in [-0.25, -0.2) is 4.79 Å². The molecule has 0 atom stereocenters. The lowest BCUT2D eigenvalue weighted by Crippen LogP contribution is -2.42. The number of rotatable bonds is 5. The summed E-state index contributed by atoms with van der Waals surface area (Å²) >= 11 is 0. The van der Waals surface area contributed by atoms with Crippen LogP contribution in [0.3, 0.4) is 0 Å². The van der Waals surface area contributed by atoms with E-state index in [-0.39, 0.29) is 34.0 Å². The van der Waals surface area contributed by atoms with Gasteiger partial charge in [-0.2, -0.15) is 0 Å². The topological polar surface area (TPSA) is 132 Å². The van der Waals surface area contributed by atoms with Gasteiger partial charge in [0.25, 0.3) is 0 Å². The molecule has 0 amide bonds. The lowest BCUT2D eigenvalue weighted by molar-refractivity contribution is -0.170. The fourth-order valence-electron chi connectivity index (χ4n) is 0.714. The summed E-state index contributed by atoms with van der Waals surface area (Å²) in [5.74, 6) is -5.02. The van der Waals surface area contributed by atoms with Crippen molar-refractivity contribution in [3.8, 4) is 0 Å². The molecule has 0 bridgehead atoms. The second kappa shape index (κ2) is 7.60. The van der Waals surface area contributed by atoms with Crippen molar-refractivity contribution in [1.82, 2.24) is 0 Å². The van der Waals surface area contributed by atoms with Gasteiger partial charge in [-0.3, -0.25) is 9.59 Å². The van der Waals surface area contributed by atoms with E-state index in [9.17, 15) is 14.4 Å². The second-order valence-electron chi connectivity index (χ2n) is 2.48. The highest BCUT2D eigenvalue weighted by Crippen LogP contribution is 2.15. The zero-order chi connectivity index (χ0) is 10.6. The summed E-state index contributed by atoms with van der Waals surface area (Å²) in [5.41, 5.74) is -2.74. The van der Waals surface area contributed by atoms with Gasteiger partial charge >= 0.3 is 17.9 Å². The van der Waals surface area contributed by atoms with Crippen LogP contribution in [0.25, 0.3) is 0 Å². The number of hydrogen-bond donors (Lipinski definition) is 4. The molecule has 0 fully saturated rings. The molecule has 0 aromatic rings. The molecule has 0 unspecified atom stereocenters. The van der Waals surface area contributed by atoms with E-state index in [4.69, 9.17) is 20.4 Å². The van der Waals surface area contributed by atoms with E-state index in [2.05, 4.69) is 0 Å². The van der Waals surface area contributed by atoms with Crippen LogP contribution in [-0.2, 0) is 14.4 Å². The first-order chi connectivity index (χ1) is 5.78. The number of hydrogen-bond acceptors (Lipinski definition) is 4. The molecule has 0 aromatic carbocycles. The van der Waals surface area contributed by atoms with Crippen molar-refractivity contribution in [2.24, 2.45) is 0 Å². The van der Waals surface area contributed by atoms with E-state index in [0.29, 0.717) is 0 Å². The first kappa shape index (κ1) is 19.8. The van der Waals surface area contributed by atoms with Gasteiger partial charge in [-0.05, 0) is 0 Å². The molecule has 90 valence electrons. The molecule has 4 N–H and O–H groups in total. The monoisotopic (exact) mass is 352 g/mol. The number of carboxylic acids is 3. The van der Waals surface area contributed by atoms with Gasteiger partial charge in [0.1, 0.15) is 0 Å². The molecule has 0 heterocycles. The smallest absolute Gasteiger partial charge is 0.336 e. The normalized spacial score (nSPS) is 9.40. The lowest BCUT2D eigenvalue weighted by Gasteiger charge is -2.18. The third-order valence-corrected chi connectivity index (χ3v) is 1.29. The molecule has 0 aliphatic heterocycles. The number of carboxylic acid groups (broad SMARTS) is 3. The van der Waals surface area contributed by atoms with Crippen molar-refractivity contribution in [2.75, 3.05) is 0 Å². The molecule has 15 heavy (non-hydrogen) atoms. The van der Waals surface area contributed by atoms with E-state index in [1.807, 2.05) is 0 Å². The molecule has 0 aliphatic carbocycles. The van der Waals surface area contributed by atoms with Crippen molar-refractivity contribution >= 4 is 51.9 Å². The zero-order valence-corrected chi connectivity index (χ0v) is 10.7. The summed E-state index contributed by atoms with van der Waals surface area (Å²) in [4.78, 5) is 30.5. The average Bonchev–Trinajstić information content (AvgIpc) is 1.82. The Morgan fingerprint density at radius 1 is 0.867 bits per heavy atom. The molecular weight excluding hydrogens is 344 g/mol. The van der Waals surface area contributed by atoms with Crippen LogP contribution in [0.15, 0.2) is 0 Å². The van der Waals surface area contributed by atoms with Crippen LogP contribution < -0.4 is 0 Å². The summed E-state index contributed by atoms with van der Waals surface area (Å²) in [6.07, 6.45) is -2.29. The minimum atomic E-state index is -2.74. The molecule has 0 rings (SSSR count). The van der Waals surface area contributed by atoms with E-state index < -0.39 is 36.4 Å². The van der Waals surface area contributed by atoms with Crippen LogP contribution in [0, 0.1) is 0 Å². The fraction of sp³-hybridized carbons (Fsp3) is 0.500. The minimum absolute atomic E-state index is 0. The Morgan fingerprint density at radius 3 is 1.27 bits per heavy atom. The van der Waals surface area contributed by atoms with E-state index in [1.54, 1.807) is 0 Å². The standard InChI is InChI=1S/C6H8O7.2BrH/c7-3(8)1-6(13,5(11)12)2-4(9)10;;/h13H,1-2H2,(H,7,8)(H,9,10)(H,11,12);2*1H. The van der Waals surface area contributed by atoms with Gasteiger partial charge in [0.15, 0.2) is 5.60 Å². The number of carbonyl (C=O) groups is 3. The molecule has 0 spiro atoms. The Bertz CT molecular complexity index is 236. The predicted molar refractivity (Wildman–Crippen MR) is 57.7 cm³/mol. The molecule has 7 nitrogen and oxygen atoms in total. The Hall–Kier alpha value is -0.670. The molecule has 0 aliphatic rings. The molecular formula is C6H10Br2O7. The third-order valence-electron chi connectivity index (χ3n) is 1.29. The van der Waals surface area contributed by atoms with Gasteiger partial charge in [-0.15, -0.1) is 34.0 Å². The summed E-state index contributed by atoms with van der Waals surface area (Å²) < 4.78 is 0. The Labute approximate surface area is 105 Å². The van der Waals surface area contributed by atoms with Gasteiger partial charge in [0.2, 0.25) is 0 Å². The molecule has 0 aromatic heterocycles. The minimum Gasteiger partial charge on any atom is -0.481 e. The maximum Gasteiger partial charge on any atom is 0.336 e. The summed E-state index contributed by atoms with van der Waals surface area (Å²) in [6.45, 7) is 0. The van der Waals surface area contributed by atoms with Crippen LogP contribution in [0.1, 0.15) is 12.8 Å². The summed E-state index contributed by atoms with van der Waals surface area (Å²) in [6, 6.07) is 0. The van der Waals surface area contributed by atoms with Crippen molar-refractivity contribution in [1.29, 1.82) is 0 Å². The molecule has 0 saturated heterocycles. The fourth-order valence-corrected chi connectivity index (χ4v) is 0.714. The molecule has 0 radical (unpaired) electrons. The van der Waals surface area contributed by atoms with Crippen LogP contribution in [0.2, 0.25) is 0 Å². The van der Waals surface area contributed by atoms with E-state index in [0.717, 1.165) is 0 Å². The van der Waals surface area contributed by atoms with Crippen molar-refractivity contribution in [3.63, 3.8) is 0 Å². The predicted octanol–water partition coefficient (Wildman–Crippen LogP) is -0.0927. The van der Waals surface area contributed by atoms with Crippen LogP contribution in [-0.4, -0.2) is 43.9 Å². The Balaban J connectivity index is -0.000000720. The largest absolute Gasteiger partial charge is 0.481 e. The summed E-state index contributed by atoms with van der Waals surface area (Å²) in [5, 5.41) is 33.8. The van der Waals surface area contributed by atoms with Gasteiger partial charge in [0, 0.05) is 0 Å². The maximum atomic E-state index is 10.3. The van der Waals surface area contributed by atoms with Crippen molar-refractivity contribution < 1.29 is 34.8 Å². The highest BCUT2D eigenvalue weighted by molar-refractivity contribution is 8.93. The highest BCUT2D eigenvalue weighted by atomic mass is 79.9. The first-order valence-electron chi connectivity index (χ1n) is 3.17. The quantitative estimate of drug-likeness (QED) is 0.542. The highest BCUT2D eigenvalue weighted by Gasteiger charge is 2.40. The molecule has 9 heteroatoms. The lowest BCUT2D eigenvalue weighted by atomic mass is 9.96. The number of aliphatic carboxylic acids is 3. The van der Waals surface area contributed by atoms with Gasteiger partial charge in [-0.1, -0.05) is 0 Å². The average molecular weight is 354 g/mol.